The highest BCUT2D eigenvalue weighted by Crippen LogP contribution is 2.13. The van der Waals surface area contributed by atoms with Crippen LogP contribution in [0.2, 0.25) is 0 Å². The molecular weight excluding hydrogens is 458 g/mol. The predicted molar refractivity (Wildman–Crippen MR) is 127 cm³/mol. The molecule has 2 amide bonds. The molecule has 0 saturated carbocycles. The van der Waals surface area contributed by atoms with E-state index in [1.165, 1.54) is 24.3 Å². The second-order valence-electron chi connectivity index (χ2n) is 7.71. The Morgan fingerprint density at radius 2 is 1.79 bits per heavy atom. The monoisotopic (exact) mass is 489 g/mol. The van der Waals surface area contributed by atoms with E-state index in [2.05, 4.69) is 10.3 Å². The zero-order valence-electron chi connectivity index (χ0n) is 19.7. The summed E-state index contributed by atoms with van der Waals surface area (Å²) in [6.45, 7) is 6.11. The highest BCUT2D eigenvalue weighted by atomic mass is 32.2. The minimum absolute atomic E-state index is 0.0163. The summed E-state index contributed by atoms with van der Waals surface area (Å²) in [6.07, 6.45) is 3.90. The fourth-order valence-electron chi connectivity index (χ4n) is 3.09. The van der Waals surface area contributed by atoms with Crippen LogP contribution >= 0.6 is 0 Å². The average Bonchev–Trinajstić information content (AvgIpc) is 2.82. The van der Waals surface area contributed by atoms with Gasteiger partial charge in [-0.25, -0.2) is 22.9 Å². The summed E-state index contributed by atoms with van der Waals surface area (Å²) in [7, 11) is -4.14. The van der Waals surface area contributed by atoms with E-state index in [-0.39, 0.29) is 28.2 Å². The number of carbonyl (C=O) groups excluding carboxylic acids is 3. The number of carbonyl (C=O) groups is 3. The summed E-state index contributed by atoms with van der Waals surface area (Å²) >= 11 is 0. The quantitative estimate of drug-likeness (QED) is 0.438. The highest BCUT2D eigenvalue weighted by Gasteiger charge is 2.20. The number of ether oxygens (including phenoxy) is 1. The van der Waals surface area contributed by atoms with Crippen LogP contribution in [-0.4, -0.2) is 43.8 Å². The lowest BCUT2D eigenvalue weighted by Crippen LogP contribution is -2.31. The number of aromatic nitrogens is 1. The van der Waals surface area contributed by atoms with E-state index in [9.17, 15) is 22.8 Å². The van der Waals surface area contributed by atoms with Gasteiger partial charge in [-0.05, 0) is 55.5 Å². The van der Waals surface area contributed by atoms with Crippen LogP contribution in [0.4, 0.5) is 0 Å². The molecule has 184 valence electrons. The van der Waals surface area contributed by atoms with Crippen LogP contribution in [0.1, 0.15) is 72.9 Å². The van der Waals surface area contributed by atoms with Crippen LogP contribution in [0.5, 0.6) is 0 Å². The largest absolute Gasteiger partial charge is 0.458 e. The first-order valence-electron chi connectivity index (χ1n) is 11.3. The number of rotatable bonds is 12. The molecule has 0 saturated heterocycles. The second kappa shape index (κ2) is 12.8. The molecule has 0 radical (unpaired) electrons. The Bertz CT molecular complexity index is 1100. The zero-order valence-corrected chi connectivity index (χ0v) is 20.5. The van der Waals surface area contributed by atoms with E-state index in [0.29, 0.717) is 37.8 Å². The van der Waals surface area contributed by atoms with Gasteiger partial charge in [0.15, 0.2) is 0 Å². The number of nitrogens with zero attached hydrogens (tertiary/aromatic N) is 1. The molecule has 1 aromatic heterocycles. The molecule has 0 fully saturated rings. The van der Waals surface area contributed by atoms with Crippen molar-refractivity contribution in [1.82, 2.24) is 15.0 Å². The van der Waals surface area contributed by atoms with Gasteiger partial charge in [0, 0.05) is 19.2 Å². The minimum Gasteiger partial charge on any atom is -0.458 e. The van der Waals surface area contributed by atoms with Crippen LogP contribution < -0.4 is 10.0 Å². The predicted octanol–water partition coefficient (Wildman–Crippen LogP) is 3.00. The van der Waals surface area contributed by atoms with Gasteiger partial charge in [0.2, 0.25) is 5.91 Å². The lowest BCUT2D eigenvalue weighted by molar-refractivity contribution is -0.121. The molecule has 1 aromatic carbocycles. The third kappa shape index (κ3) is 7.95. The van der Waals surface area contributed by atoms with Crippen molar-refractivity contribution >= 4 is 27.8 Å². The Morgan fingerprint density at radius 1 is 1.06 bits per heavy atom. The first-order valence-corrected chi connectivity index (χ1v) is 12.8. The van der Waals surface area contributed by atoms with Crippen LogP contribution in [0.25, 0.3) is 0 Å². The van der Waals surface area contributed by atoms with E-state index < -0.39 is 21.9 Å². The fraction of sp³-hybridized carbons (Fsp3) is 0.417. The van der Waals surface area contributed by atoms with E-state index >= 15 is 0 Å². The SMILES string of the molecule is CCCC(=O)NCCc1cccc(S(=O)(=O)NC(=O)c2ccc(C(=O)OC(CC)CC)nc2)c1. The maximum absolute atomic E-state index is 12.7. The number of hydrogen-bond acceptors (Lipinski definition) is 7. The molecule has 0 aliphatic carbocycles. The van der Waals surface area contributed by atoms with Crippen LogP contribution in [0.3, 0.4) is 0 Å². The molecule has 10 heteroatoms. The molecule has 0 bridgehead atoms. The van der Waals surface area contributed by atoms with Crippen LogP contribution in [-0.2, 0) is 26.0 Å². The number of amides is 2. The Labute approximate surface area is 200 Å². The van der Waals surface area contributed by atoms with Crippen molar-refractivity contribution in [3.8, 4) is 0 Å². The third-order valence-corrected chi connectivity index (χ3v) is 6.40. The zero-order chi connectivity index (χ0) is 25.1. The normalized spacial score (nSPS) is 11.2. The molecule has 0 atom stereocenters. The highest BCUT2D eigenvalue weighted by molar-refractivity contribution is 7.90. The van der Waals surface area contributed by atoms with Crippen molar-refractivity contribution < 1.29 is 27.5 Å². The number of pyridine rings is 1. The van der Waals surface area contributed by atoms with Gasteiger partial charge in [-0.15, -0.1) is 0 Å². The van der Waals surface area contributed by atoms with Crippen molar-refractivity contribution in [2.45, 2.75) is 63.9 Å². The van der Waals surface area contributed by atoms with Crippen molar-refractivity contribution in [3.05, 3.63) is 59.4 Å². The first-order chi connectivity index (χ1) is 16.2. The van der Waals surface area contributed by atoms with Crippen molar-refractivity contribution in [2.75, 3.05) is 6.54 Å². The molecule has 0 aliphatic heterocycles. The summed E-state index contributed by atoms with van der Waals surface area (Å²) < 4.78 is 32.7. The molecule has 9 nitrogen and oxygen atoms in total. The smallest absolute Gasteiger partial charge is 0.357 e. The number of esters is 1. The average molecular weight is 490 g/mol. The Balaban J connectivity index is 2.02. The van der Waals surface area contributed by atoms with E-state index in [1.807, 2.05) is 25.5 Å². The second-order valence-corrected chi connectivity index (χ2v) is 9.39. The third-order valence-electron chi connectivity index (χ3n) is 5.07. The number of hydrogen-bond donors (Lipinski definition) is 2. The first kappa shape index (κ1) is 27.0. The minimum atomic E-state index is -4.14. The van der Waals surface area contributed by atoms with Gasteiger partial charge in [-0.2, -0.15) is 0 Å². The van der Waals surface area contributed by atoms with E-state index in [0.717, 1.165) is 12.6 Å². The number of sulfonamides is 1. The molecule has 1 heterocycles. The van der Waals surface area contributed by atoms with Gasteiger partial charge in [0.1, 0.15) is 11.8 Å². The summed E-state index contributed by atoms with van der Waals surface area (Å²) in [5, 5.41) is 2.78. The van der Waals surface area contributed by atoms with Crippen molar-refractivity contribution in [3.63, 3.8) is 0 Å². The summed E-state index contributed by atoms with van der Waals surface area (Å²) in [5.74, 6) is -1.53. The van der Waals surface area contributed by atoms with Gasteiger partial charge < -0.3 is 10.1 Å². The van der Waals surface area contributed by atoms with E-state index in [4.69, 9.17) is 4.74 Å². The summed E-state index contributed by atoms with van der Waals surface area (Å²) in [6, 6.07) is 8.79. The van der Waals surface area contributed by atoms with Gasteiger partial charge in [0.25, 0.3) is 15.9 Å². The molecule has 34 heavy (non-hydrogen) atoms. The summed E-state index contributed by atoms with van der Waals surface area (Å²) in [4.78, 5) is 40.1. The van der Waals surface area contributed by atoms with Crippen molar-refractivity contribution in [1.29, 1.82) is 0 Å². The molecule has 2 N–H and O–H groups in total. The lowest BCUT2D eigenvalue weighted by Gasteiger charge is -2.13. The van der Waals surface area contributed by atoms with Gasteiger partial charge >= 0.3 is 5.97 Å². The number of nitrogens with one attached hydrogen (secondary N) is 2. The van der Waals surface area contributed by atoms with Gasteiger partial charge in [-0.3, -0.25) is 9.59 Å². The molecule has 0 aliphatic rings. The standard InChI is InChI=1S/C24H31N3O6S/c1-4-8-22(28)25-14-13-17-9-7-10-20(15-17)34(31,32)27-23(29)18-11-12-21(26-16-18)24(30)33-19(5-2)6-3/h7,9-12,15-16,19H,4-6,8,13-14H2,1-3H3,(H,25,28)(H,27,29). The molecule has 2 rings (SSSR count). The molecular formula is C24H31N3O6S. The van der Waals surface area contributed by atoms with Gasteiger partial charge in [0.05, 0.1) is 10.5 Å². The molecule has 0 spiro atoms. The fourth-order valence-corrected chi connectivity index (χ4v) is 4.13. The Morgan fingerprint density at radius 3 is 2.41 bits per heavy atom. The van der Waals surface area contributed by atoms with Crippen LogP contribution in [0, 0.1) is 0 Å². The Kier molecular flexibility index (Phi) is 10.2. The van der Waals surface area contributed by atoms with Gasteiger partial charge in [-0.1, -0.05) is 32.9 Å². The number of benzene rings is 1. The molecule has 2 aromatic rings. The Hall–Kier alpha value is -3.27. The lowest BCUT2D eigenvalue weighted by atomic mass is 10.1. The summed E-state index contributed by atoms with van der Waals surface area (Å²) in [5.41, 5.74) is 0.719. The maximum atomic E-state index is 12.7. The van der Waals surface area contributed by atoms with E-state index in [1.54, 1.807) is 12.1 Å². The topological polar surface area (TPSA) is 132 Å². The molecule has 0 unspecified atom stereocenters. The van der Waals surface area contributed by atoms with Crippen molar-refractivity contribution in [2.24, 2.45) is 0 Å². The maximum Gasteiger partial charge on any atom is 0.357 e. The van der Waals surface area contributed by atoms with Crippen LogP contribution in [0.15, 0.2) is 47.5 Å².